The van der Waals surface area contributed by atoms with E-state index in [9.17, 15) is 9.59 Å². The van der Waals surface area contributed by atoms with Crippen LogP contribution in [0.3, 0.4) is 0 Å². The van der Waals surface area contributed by atoms with Crippen LogP contribution < -0.4 is 4.90 Å². The first-order chi connectivity index (χ1) is 9.04. The minimum Gasteiger partial charge on any atom is -0.378 e. The first-order valence-electron chi connectivity index (χ1n) is 6.53. The molecule has 2 heterocycles. The van der Waals surface area contributed by atoms with Gasteiger partial charge in [0.05, 0.1) is 13.2 Å². The van der Waals surface area contributed by atoms with Crippen LogP contribution in [0, 0.1) is 0 Å². The Balaban J connectivity index is 2.03. The predicted octanol–water partition coefficient (Wildman–Crippen LogP) is 1.45. The fourth-order valence-corrected chi connectivity index (χ4v) is 2.83. The van der Waals surface area contributed by atoms with E-state index in [-0.39, 0.29) is 11.7 Å². The number of carbonyl (C=O) groups is 2. The van der Waals surface area contributed by atoms with E-state index in [0.717, 1.165) is 23.2 Å². The topological polar surface area (TPSA) is 46.6 Å². The molecule has 0 spiro atoms. The van der Waals surface area contributed by atoms with E-state index in [1.54, 1.807) is 18.9 Å². The zero-order valence-electron chi connectivity index (χ0n) is 11.2. The van der Waals surface area contributed by atoms with Gasteiger partial charge in [0, 0.05) is 19.2 Å². The van der Waals surface area contributed by atoms with Gasteiger partial charge in [0.2, 0.25) is 5.91 Å². The van der Waals surface area contributed by atoms with Gasteiger partial charge in [-0.15, -0.1) is 0 Å². The number of hydrogen-bond acceptors (Lipinski definition) is 3. The maximum atomic E-state index is 11.9. The molecular weight excluding hydrogens is 242 g/mol. The highest BCUT2D eigenvalue weighted by molar-refractivity contribution is 5.96. The molecule has 4 heteroatoms. The first kappa shape index (κ1) is 12.4. The summed E-state index contributed by atoms with van der Waals surface area (Å²) in [6.07, 6.45) is 1.29. The smallest absolute Gasteiger partial charge is 0.227 e. The molecule has 1 amide bonds. The molecule has 2 aliphatic rings. The summed E-state index contributed by atoms with van der Waals surface area (Å²) in [6, 6.07) is 5.98. The summed E-state index contributed by atoms with van der Waals surface area (Å²) >= 11 is 0. The van der Waals surface area contributed by atoms with Crippen molar-refractivity contribution in [3.05, 3.63) is 29.3 Å². The number of fused-ring (bicyclic) bond motifs is 1. The number of ether oxygens (including phenoxy) is 1. The third-order valence-electron chi connectivity index (χ3n) is 4.35. The van der Waals surface area contributed by atoms with Crippen LogP contribution in [-0.4, -0.2) is 32.0 Å². The highest BCUT2D eigenvalue weighted by Gasteiger charge is 2.45. The molecule has 4 nitrogen and oxygen atoms in total. The zero-order chi connectivity index (χ0) is 13.6. The number of aryl methyl sites for hydroxylation is 1. The second-order valence-electron chi connectivity index (χ2n) is 5.43. The molecule has 19 heavy (non-hydrogen) atoms. The van der Waals surface area contributed by atoms with Gasteiger partial charge < -0.3 is 9.64 Å². The summed E-state index contributed by atoms with van der Waals surface area (Å²) in [7, 11) is 1.80. The van der Waals surface area contributed by atoms with Gasteiger partial charge >= 0.3 is 0 Å². The Labute approximate surface area is 112 Å². The molecule has 0 radical (unpaired) electrons. The minimum absolute atomic E-state index is 0.147. The molecule has 1 saturated heterocycles. The van der Waals surface area contributed by atoms with Crippen molar-refractivity contribution >= 4 is 17.4 Å². The lowest BCUT2D eigenvalue weighted by Gasteiger charge is -2.40. The van der Waals surface area contributed by atoms with Crippen LogP contribution >= 0.6 is 0 Å². The van der Waals surface area contributed by atoms with Crippen molar-refractivity contribution in [2.24, 2.45) is 0 Å². The van der Waals surface area contributed by atoms with Crippen LogP contribution in [-0.2, 0) is 26.2 Å². The van der Waals surface area contributed by atoms with Gasteiger partial charge in [0.15, 0.2) is 0 Å². The molecular formula is C15H17NO3. The number of rotatable bonds is 2. The predicted molar refractivity (Wildman–Crippen MR) is 71.4 cm³/mol. The van der Waals surface area contributed by atoms with Gasteiger partial charge in [-0.25, -0.2) is 0 Å². The average molecular weight is 259 g/mol. The Morgan fingerprint density at radius 1 is 1.32 bits per heavy atom. The minimum atomic E-state index is -0.463. The van der Waals surface area contributed by atoms with Crippen molar-refractivity contribution in [1.29, 1.82) is 0 Å². The van der Waals surface area contributed by atoms with Crippen molar-refractivity contribution in [2.45, 2.75) is 25.2 Å². The van der Waals surface area contributed by atoms with Crippen molar-refractivity contribution in [3.8, 4) is 0 Å². The molecule has 0 aliphatic carbocycles. The van der Waals surface area contributed by atoms with Gasteiger partial charge in [-0.2, -0.15) is 0 Å². The second-order valence-corrected chi connectivity index (χ2v) is 5.43. The quantitative estimate of drug-likeness (QED) is 0.807. The summed E-state index contributed by atoms with van der Waals surface area (Å²) in [5, 5.41) is 0. The number of anilines is 1. The Kier molecular flexibility index (Phi) is 2.71. The van der Waals surface area contributed by atoms with Crippen LogP contribution in [0.2, 0.25) is 0 Å². The fraction of sp³-hybridized carbons (Fsp3) is 0.467. The standard InChI is InChI=1S/C15H17NO3/c1-10(17)15(8-19-9-15)12-4-5-13-11(7-12)3-6-14(18)16(13)2/h4-5,7H,3,6,8-9H2,1-2H3. The van der Waals surface area contributed by atoms with Crippen LogP contribution in [0.15, 0.2) is 18.2 Å². The van der Waals surface area contributed by atoms with E-state index < -0.39 is 5.41 Å². The lowest BCUT2D eigenvalue weighted by molar-refractivity contribution is -0.140. The van der Waals surface area contributed by atoms with Crippen molar-refractivity contribution in [3.63, 3.8) is 0 Å². The van der Waals surface area contributed by atoms with Crippen LogP contribution in [0.25, 0.3) is 0 Å². The Morgan fingerprint density at radius 2 is 2.05 bits per heavy atom. The maximum Gasteiger partial charge on any atom is 0.227 e. The molecule has 100 valence electrons. The van der Waals surface area contributed by atoms with Gasteiger partial charge in [0.25, 0.3) is 0 Å². The van der Waals surface area contributed by atoms with Crippen LogP contribution in [0.5, 0.6) is 0 Å². The highest BCUT2D eigenvalue weighted by Crippen LogP contribution is 2.37. The number of benzene rings is 1. The monoisotopic (exact) mass is 259 g/mol. The summed E-state index contributed by atoms with van der Waals surface area (Å²) in [5.74, 6) is 0.299. The number of ketones is 1. The molecule has 1 aromatic rings. The normalized spacial score (nSPS) is 20.7. The highest BCUT2D eigenvalue weighted by atomic mass is 16.5. The number of Topliss-reactive ketones (excluding diaryl/α,β-unsaturated/α-hetero) is 1. The molecule has 0 unspecified atom stereocenters. The molecule has 2 aliphatic heterocycles. The SMILES string of the molecule is CC(=O)C1(c2ccc3c(c2)CCC(=O)N3C)COC1. The van der Waals surface area contributed by atoms with E-state index in [4.69, 9.17) is 4.74 Å². The van der Waals surface area contributed by atoms with E-state index in [2.05, 4.69) is 6.07 Å². The third kappa shape index (κ3) is 1.70. The molecule has 0 bridgehead atoms. The average Bonchev–Trinajstić information content (AvgIpc) is 2.32. The largest absolute Gasteiger partial charge is 0.378 e. The number of hydrogen-bond donors (Lipinski definition) is 0. The molecule has 3 rings (SSSR count). The fourth-order valence-electron chi connectivity index (χ4n) is 2.83. The number of carbonyl (C=O) groups excluding carboxylic acids is 2. The van der Waals surface area contributed by atoms with E-state index in [1.165, 1.54) is 0 Å². The van der Waals surface area contributed by atoms with Crippen LogP contribution in [0.1, 0.15) is 24.5 Å². The van der Waals surface area contributed by atoms with E-state index >= 15 is 0 Å². The number of amides is 1. The molecule has 0 saturated carbocycles. The van der Waals surface area contributed by atoms with Gasteiger partial charge in [-0.3, -0.25) is 9.59 Å². The van der Waals surface area contributed by atoms with Crippen molar-refractivity contribution < 1.29 is 14.3 Å². The Morgan fingerprint density at radius 3 is 2.63 bits per heavy atom. The molecule has 0 aromatic heterocycles. The van der Waals surface area contributed by atoms with Crippen molar-refractivity contribution in [2.75, 3.05) is 25.2 Å². The summed E-state index contributed by atoms with van der Waals surface area (Å²) in [5.41, 5.74) is 2.66. The molecule has 0 atom stereocenters. The molecule has 0 N–H and O–H groups in total. The van der Waals surface area contributed by atoms with Crippen LogP contribution in [0.4, 0.5) is 5.69 Å². The van der Waals surface area contributed by atoms with Gasteiger partial charge in [-0.05, 0) is 30.5 Å². The van der Waals surface area contributed by atoms with E-state index in [1.807, 2.05) is 12.1 Å². The zero-order valence-corrected chi connectivity index (χ0v) is 11.2. The first-order valence-corrected chi connectivity index (χ1v) is 6.53. The summed E-state index contributed by atoms with van der Waals surface area (Å²) in [4.78, 5) is 25.2. The number of nitrogens with zero attached hydrogens (tertiary/aromatic N) is 1. The van der Waals surface area contributed by atoms with Gasteiger partial charge in [0.1, 0.15) is 11.2 Å². The Hall–Kier alpha value is -1.68. The summed E-state index contributed by atoms with van der Waals surface area (Å²) < 4.78 is 5.25. The maximum absolute atomic E-state index is 11.9. The summed E-state index contributed by atoms with van der Waals surface area (Å²) in [6.45, 7) is 2.56. The van der Waals surface area contributed by atoms with Crippen molar-refractivity contribution in [1.82, 2.24) is 0 Å². The lowest BCUT2D eigenvalue weighted by atomic mass is 9.74. The molecule has 1 fully saturated rings. The van der Waals surface area contributed by atoms with Gasteiger partial charge in [-0.1, -0.05) is 12.1 Å². The molecule has 1 aromatic carbocycles. The second kappa shape index (κ2) is 4.17. The third-order valence-corrected chi connectivity index (χ3v) is 4.35. The lowest BCUT2D eigenvalue weighted by Crippen LogP contribution is -2.52. The van der Waals surface area contributed by atoms with E-state index in [0.29, 0.717) is 19.6 Å². The Bertz CT molecular complexity index is 561.